The molecule has 3 aliphatic carbocycles. The summed E-state index contributed by atoms with van der Waals surface area (Å²) in [5.41, 5.74) is -0.644. The molecule has 4 aliphatic rings. The largest absolute Gasteiger partial charge is 0.493 e. The first-order valence-corrected chi connectivity index (χ1v) is 10.0. The van der Waals surface area contributed by atoms with Crippen molar-refractivity contribution < 1.29 is 28.9 Å². The van der Waals surface area contributed by atoms with Crippen molar-refractivity contribution in [1.82, 2.24) is 0 Å². The minimum absolute atomic E-state index is 0.0501. The number of allylic oxidation sites excluding steroid dienone is 4. The number of carbonyl (C=O) groups is 2. The van der Waals surface area contributed by atoms with Gasteiger partial charge in [0.25, 0.3) is 0 Å². The minimum Gasteiger partial charge on any atom is -0.493 e. The molecule has 6 heteroatoms. The minimum atomic E-state index is -0.907. The Labute approximate surface area is 165 Å². The molecule has 0 amide bonds. The summed E-state index contributed by atoms with van der Waals surface area (Å²) in [6.45, 7) is 7.93. The number of aliphatic hydroxyl groups excluding tert-OH is 1. The zero-order valence-corrected chi connectivity index (χ0v) is 17.4. The Morgan fingerprint density at radius 1 is 1.18 bits per heavy atom. The first-order chi connectivity index (χ1) is 13.1. The van der Waals surface area contributed by atoms with Crippen molar-refractivity contribution in [3.63, 3.8) is 0 Å². The fourth-order valence-corrected chi connectivity index (χ4v) is 6.96. The van der Waals surface area contributed by atoms with E-state index >= 15 is 0 Å². The van der Waals surface area contributed by atoms with Gasteiger partial charge in [0.05, 0.1) is 20.3 Å². The van der Waals surface area contributed by atoms with Gasteiger partial charge in [0.2, 0.25) is 11.6 Å². The first-order valence-electron chi connectivity index (χ1n) is 10.0. The number of rotatable bonds is 2. The average Bonchev–Trinajstić information content (AvgIpc) is 2.63. The zero-order chi connectivity index (χ0) is 20.6. The third-order valence-corrected chi connectivity index (χ3v) is 8.22. The molecule has 1 aliphatic heterocycles. The Balaban J connectivity index is 1.97. The van der Waals surface area contributed by atoms with Crippen molar-refractivity contribution in [3.8, 4) is 0 Å². The summed E-state index contributed by atoms with van der Waals surface area (Å²) in [6.07, 6.45) is 1.70. The number of aliphatic hydroxyl groups is 1. The molecular formula is C22H30O6. The molecule has 1 saturated heterocycles. The average molecular weight is 390 g/mol. The summed E-state index contributed by atoms with van der Waals surface area (Å²) in [6, 6.07) is 0. The highest BCUT2D eigenvalue weighted by Gasteiger charge is 2.71. The van der Waals surface area contributed by atoms with Gasteiger partial charge in [0, 0.05) is 23.2 Å². The van der Waals surface area contributed by atoms with Gasteiger partial charge in [-0.05, 0) is 42.7 Å². The molecule has 0 aromatic heterocycles. The van der Waals surface area contributed by atoms with Crippen LogP contribution in [-0.4, -0.2) is 43.3 Å². The molecule has 6 nitrogen and oxygen atoms in total. The lowest BCUT2D eigenvalue weighted by Crippen LogP contribution is -2.69. The first kappa shape index (κ1) is 19.6. The maximum atomic E-state index is 13.7. The number of hydrogen-bond acceptors (Lipinski definition) is 6. The quantitative estimate of drug-likeness (QED) is 0.781. The molecular weight excluding hydrogens is 360 g/mol. The number of hydrogen-bond donors (Lipinski definition) is 1. The van der Waals surface area contributed by atoms with Gasteiger partial charge in [0.1, 0.15) is 0 Å². The van der Waals surface area contributed by atoms with Gasteiger partial charge >= 0.3 is 0 Å². The predicted octanol–water partition coefficient (Wildman–Crippen LogP) is 2.61. The van der Waals surface area contributed by atoms with Gasteiger partial charge in [-0.15, -0.1) is 0 Å². The maximum Gasteiger partial charge on any atom is 0.203 e. The van der Waals surface area contributed by atoms with E-state index in [0.29, 0.717) is 24.4 Å². The smallest absolute Gasteiger partial charge is 0.203 e. The summed E-state index contributed by atoms with van der Waals surface area (Å²) in [7, 11) is 3.00. The Morgan fingerprint density at radius 2 is 1.86 bits per heavy atom. The molecule has 4 rings (SSSR count). The van der Waals surface area contributed by atoms with E-state index in [2.05, 4.69) is 13.8 Å². The lowest BCUT2D eigenvalue weighted by molar-refractivity contribution is -0.272. The van der Waals surface area contributed by atoms with Crippen LogP contribution >= 0.6 is 0 Å². The standard InChI is InChI=1S/C22H30O6/c1-10-7-14(26-5)20(25)22(4)12(10)8-15-21(3)13(9-16(23)28-15)11(2)18(27-6)17(24)19(21)22/h7,10,12-13,15-16,19,23H,8-9H2,1-6H3/t10-,12+,13+,15-,16-,19-,21-,22+/m1/s1. The van der Waals surface area contributed by atoms with Crippen LogP contribution < -0.4 is 0 Å². The van der Waals surface area contributed by atoms with Gasteiger partial charge in [-0.1, -0.05) is 20.8 Å². The summed E-state index contributed by atoms with van der Waals surface area (Å²) in [5.74, 6) is -0.284. The molecule has 0 aromatic rings. The fourth-order valence-electron chi connectivity index (χ4n) is 6.96. The lowest BCUT2D eigenvalue weighted by Gasteiger charge is -2.65. The van der Waals surface area contributed by atoms with Gasteiger partial charge in [0.15, 0.2) is 17.8 Å². The van der Waals surface area contributed by atoms with Crippen LogP contribution in [0.3, 0.4) is 0 Å². The second kappa shape index (κ2) is 6.17. The van der Waals surface area contributed by atoms with E-state index in [-0.39, 0.29) is 35.4 Å². The highest BCUT2D eigenvalue weighted by Crippen LogP contribution is 2.67. The summed E-state index contributed by atoms with van der Waals surface area (Å²) in [5, 5.41) is 10.4. The van der Waals surface area contributed by atoms with Crippen LogP contribution in [0.5, 0.6) is 0 Å². The van der Waals surface area contributed by atoms with Crippen LogP contribution in [0.4, 0.5) is 0 Å². The number of carbonyl (C=O) groups excluding carboxylic acids is 2. The number of ether oxygens (including phenoxy) is 3. The molecule has 0 unspecified atom stereocenters. The molecule has 0 bridgehead atoms. The number of Topliss-reactive ketones (excluding diaryl/α,β-unsaturated/α-hetero) is 2. The zero-order valence-electron chi connectivity index (χ0n) is 17.4. The summed E-state index contributed by atoms with van der Waals surface area (Å²) < 4.78 is 16.9. The number of methoxy groups -OCH3 is 2. The van der Waals surface area contributed by atoms with Crippen LogP contribution in [0.2, 0.25) is 0 Å². The highest BCUT2D eigenvalue weighted by molar-refractivity contribution is 6.07. The molecule has 154 valence electrons. The molecule has 1 N–H and O–H groups in total. The topological polar surface area (TPSA) is 82.1 Å². The predicted molar refractivity (Wildman–Crippen MR) is 101 cm³/mol. The van der Waals surface area contributed by atoms with E-state index in [1.807, 2.05) is 19.9 Å². The van der Waals surface area contributed by atoms with Gasteiger partial charge in [-0.25, -0.2) is 0 Å². The van der Waals surface area contributed by atoms with Crippen molar-refractivity contribution in [2.75, 3.05) is 14.2 Å². The Morgan fingerprint density at radius 3 is 2.46 bits per heavy atom. The van der Waals surface area contributed by atoms with E-state index in [0.717, 1.165) is 5.57 Å². The SMILES string of the molecule is COC1=C[C@@H](C)[C@@H]2C[C@H]3O[C@@H](O)C[C@H]4C(C)=C(OC)C(=O)[C@@H]([C@@]2(C)C1=O)[C@@]34C. The van der Waals surface area contributed by atoms with Crippen molar-refractivity contribution in [3.05, 3.63) is 23.2 Å². The van der Waals surface area contributed by atoms with E-state index in [1.54, 1.807) is 0 Å². The molecule has 28 heavy (non-hydrogen) atoms. The van der Waals surface area contributed by atoms with E-state index in [4.69, 9.17) is 14.2 Å². The fraction of sp³-hybridized carbons (Fsp3) is 0.727. The van der Waals surface area contributed by atoms with Gasteiger partial charge < -0.3 is 19.3 Å². The molecule has 0 aromatic carbocycles. The van der Waals surface area contributed by atoms with Crippen molar-refractivity contribution in [2.45, 2.75) is 52.9 Å². The lowest BCUT2D eigenvalue weighted by atomic mass is 9.40. The Kier molecular flexibility index (Phi) is 4.33. The maximum absolute atomic E-state index is 13.7. The Hall–Kier alpha value is -1.66. The molecule has 1 saturated carbocycles. The van der Waals surface area contributed by atoms with Crippen LogP contribution in [-0.2, 0) is 23.8 Å². The normalized spacial score (nSPS) is 47.9. The second-order valence-corrected chi connectivity index (χ2v) is 9.30. The monoisotopic (exact) mass is 390 g/mol. The van der Waals surface area contributed by atoms with Crippen LogP contribution in [0.25, 0.3) is 0 Å². The van der Waals surface area contributed by atoms with E-state index in [9.17, 15) is 14.7 Å². The van der Waals surface area contributed by atoms with Gasteiger partial charge in [-0.3, -0.25) is 9.59 Å². The summed E-state index contributed by atoms with van der Waals surface area (Å²) >= 11 is 0. The number of ketones is 2. The summed E-state index contributed by atoms with van der Waals surface area (Å²) in [4.78, 5) is 27.3. The van der Waals surface area contributed by atoms with Gasteiger partial charge in [-0.2, -0.15) is 0 Å². The van der Waals surface area contributed by atoms with E-state index < -0.39 is 23.0 Å². The van der Waals surface area contributed by atoms with Crippen LogP contribution in [0.15, 0.2) is 23.2 Å². The van der Waals surface area contributed by atoms with Crippen LogP contribution in [0.1, 0.15) is 40.5 Å². The Bertz CT molecular complexity index is 797. The van der Waals surface area contributed by atoms with Crippen LogP contribution in [0, 0.1) is 34.5 Å². The molecule has 1 heterocycles. The molecule has 0 spiro atoms. The third-order valence-electron chi connectivity index (χ3n) is 8.22. The van der Waals surface area contributed by atoms with Crippen molar-refractivity contribution in [1.29, 1.82) is 0 Å². The van der Waals surface area contributed by atoms with Crippen molar-refractivity contribution >= 4 is 11.6 Å². The van der Waals surface area contributed by atoms with Crippen molar-refractivity contribution in [2.24, 2.45) is 34.5 Å². The highest BCUT2D eigenvalue weighted by atomic mass is 16.6. The molecule has 8 atom stereocenters. The molecule has 0 radical (unpaired) electrons. The molecule has 2 fully saturated rings. The van der Waals surface area contributed by atoms with E-state index in [1.165, 1.54) is 14.2 Å². The number of fused-ring (bicyclic) bond motifs is 2. The third kappa shape index (κ3) is 2.16. The second-order valence-electron chi connectivity index (χ2n) is 9.30.